The molecule has 0 saturated carbocycles. The van der Waals surface area contributed by atoms with Gasteiger partial charge in [0.05, 0.1) is 18.1 Å². The minimum atomic E-state index is -0.641. The Balaban J connectivity index is 2.36. The number of methoxy groups -OCH3 is 1. The monoisotopic (exact) mass is 281 g/mol. The Morgan fingerprint density at radius 3 is 2.70 bits per heavy atom. The summed E-state index contributed by atoms with van der Waals surface area (Å²) in [6.45, 7) is 0.916. The average Bonchev–Trinajstić information content (AvgIpc) is 2.46. The van der Waals surface area contributed by atoms with Gasteiger partial charge < -0.3 is 14.7 Å². The second kappa shape index (κ2) is 5.83. The fourth-order valence-corrected chi connectivity index (χ4v) is 2.11. The molecule has 1 N–H and O–H groups in total. The fraction of sp³-hybridized carbons (Fsp3) is 0.500. The predicted molar refractivity (Wildman–Crippen MR) is 69.7 cm³/mol. The number of esters is 1. The van der Waals surface area contributed by atoms with E-state index in [-0.39, 0.29) is 17.2 Å². The molecular weight excluding hydrogens is 266 g/mol. The van der Waals surface area contributed by atoms with Gasteiger partial charge in [0.15, 0.2) is 5.69 Å². The highest BCUT2D eigenvalue weighted by atomic mass is 16.6. The molecule has 8 heteroatoms. The van der Waals surface area contributed by atoms with Crippen molar-refractivity contribution < 1.29 is 19.6 Å². The third kappa shape index (κ3) is 2.85. The lowest BCUT2D eigenvalue weighted by molar-refractivity contribution is -0.384. The lowest BCUT2D eigenvalue weighted by atomic mass is 10.1. The summed E-state index contributed by atoms with van der Waals surface area (Å²) in [5.74, 6) is -0.497. The van der Waals surface area contributed by atoms with E-state index in [2.05, 4.69) is 9.72 Å². The van der Waals surface area contributed by atoms with Crippen molar-refractivity contribution in [1.82, 2.24) is 4.98 Å². The third-order valence-corrected chi connectivity index (χ3v) is 3.21. The Hall–Kier alpha value is -2.22. The number of aromatic nitrogens is 1. The first kappa shape index (κ1) is 14.2. The number of nitrogens with zero attached hydrogens (tertiary/aromatic N) is 3. The lowest BCUT2D eigenvalue weighted by Gasteiger charge is -2.30. The predicted octanol–water partition coefficient (Wildman–Crippen LogP) is 0.737. The van der Waals surface area contributed by atoms with E-state index in [1.807, 2.05) is 0 Å². The maximum atomic E-state index is 11.5. The van der Waals surface area contributed by atoms with Crippen LogP contribution in [0.2, 0.25) is 0 Å². The van der Waals surface area contributed by atoms with Crippen LogP contribution in [0, 0.1) is 10.1 Å². The number of carbonyl (C=O) groups excluding carboxylic acids is 1. The third-order valence-electron chi connectivity index (χ3n) is 3.21. The Morgan fingerprint density at radius 1 is 1.50 bits per heavy atom. The Morgan fingerprint density at radius 2 is 2.15 bits per heavy atom. The first-order valence-electron chi connectivity index (χ1n) is 6.19. The molecule has 108 valence electrons. The van der Waals surface area contributed by atoms with Crippen molar-refractivity contribution in [2.75, 3.05) is 25.1 Å². The molecular formula is C12H15N3O5. The number of anilines is 1. The van der Waals surface area contributed by atoms with Crippen molar-refractivity contribution in [2.24, 2.45) is 0 Å². The van der Waals surface area contributed by atoms with Crippen molar-refractivity contribution in [2.45, 2.75) is 18.9 Å². The minimum Gasteiger partial charge on any atom is -0.464 e. The quantitative estimate of drug-likeness (QED) is 0.494. The number of pyridine rings is 1. The maximum Gasteiger partial charge on any atom is 0.356 e. The summed E-state index contributed by atoms with van der Waals surface area (Å²) in [7, 11) is 1.22. The molecule has 1 aromatic heterocycles. The van der Waals surface area contributed by atoms with Gasteiger partial charge in [-0.3, -0.25) is 10.1 Å². The maximum absolute atomic E-state index is 11.5. The topological polar surface area (TPSA) is 106 Å². The molecule has 0 aromatic carbocycles. The molecule has 0 spiro atoms. The van der Waals surface area contributed by atoms with Crippen molar-refractivity contribution in [1.29, 1.82) is 0 Å². The number of hydrogen-bond donors (Lipinski definition) is 1. The number of aliphatic hydroxyl groups excluding tert-OH is 1. The molecule has 0 bridgehead atoms. The molecule has 0 amide bonds. The number of nitro groups is 1. The van der Waals surface area contributed by atoms with Crippen molar-refractivity contribution in [3.05, 3.63) is 27.9 Å². The summed E-state index contributed by atoms with van der Waals surface area (Å²) in [6.07, 6.45) is 0.636. The van der Waals surface area contributed by atoms with Gasteiger partial charge in [-0.25, -0.2) is 9.78 Å². The van der Waals surface area contributed by atoms with Crippen LogP contribution in [0.15, 0.2) is 12.1 Å². The summed E-state index contributed by atoms with van der Waals surface area (Å²) < 4.78 is 4.57. The van der Waals surface area contributed by atoms with Gasteiger partial charge in [0.1, 0.15) is 0 Å². The van der Waals surface area contributed by atoms with Crippen molar-refractivity contribution in [3.63, 3.8) is 0 Å². The number of carbonyl (C=O) groups is 1. The first-order valence-corrected chi connectivity index (χ1v) is 6.19. The second-order valence-electron chi connectivity index (χ2n) is 4.51. The molecule has 1 aliphatic rings. The van der Waals surface area contributed by atoms with Crippen LogP contribution in [-0.4, -0.2) is 47.3 Å². The average molecular weight is 281 g/mol. The summed E-state index contributed by atoms with van der Waals surface area (Å²) in [6, 6.07) is 2.52. The SMILES string of the molecule is COC(=O)c1ccc([N+](=O)[O-])c(N2CCC(O)CC2)n1. The van der Waals surface area contributed by atoms with E-state index in [9.17, 15) is 20.0 Å². The number of hydrogen-bond acceptors (Lipinski definition) is 7. The van der Waals surface area contributed by atoms with Gasteiger partial charge in [-0.1, -0.05) is 0 Å². The molecule has 1 fully saturated rings. The van der Waals surface area contributed by atoms with Crippen LogP contribution in [0.25, 0.3) is 0 Å². The Kier molecular flexibility index (Phi) is 4.14. The van der Waals surface area contributed by atoms with Crippen molar-refractivity contribution >= 4 is 17.5 Å². The molecule has 2 rings (SSSR count). The number of piperidine rings is 1. The second-order valence-corrected chi connectivity index (χ2v) is 4.51. The molecule has 2 heterocycles. The standard InChI is InChI=1S/C12H15N3O5/c1-20-12(17)9-2-3-10(15(18)19)11(13-9)14-6-4-8(16)5-7-14/h2-3,8,16H,4-7H2,1H3. The van der Waals surface area contributed by atoms with E-state index in [1.54, 1.807) is 4.90 Å². The molecule has 1 aromatic rings. The van der Waals surface area contributed by atoms with Crippen LogP contribution in [0.1, 0.15) is 23.3 Å². The molecule has 0 atom stereocenters. The van der Waals surface area contributed by atoms with Crippen LogP contribution < -0.4 is 4.90 Å². The van der Waals surface area contributed by atoms with E-state index in [4.69, 9.17) is 0 Å². The molecule has 1 aliphatic heterocycles. The van der Waals surface area contributed by atoms with Gasteiger partial charge in [0.25, 0.3) is 0 Å². The van der Waals surface area contributed by atoms with E-state index < -0.39 is 17.0 Å². The van der Waals surface area contributed by atoms with Gasteiger partial charge in [0.2, 0.25) is 5.82 Å². The highest BCUT2D eigenvalue weighted by molar-refractivity contribution is 5.88. The van der Waals surface area contributed by atoms with Gasteiger partial charge in [-0.15, -0.1) is 0 Å². The zero-order valence-electron chi connectivity index (χ0n) is 11.0. The highest BCUT2D eigenvalue weighted by Gasteiger charge is 2.26. The van der Waals surface area contributed by atoms with E-state index in [0.29, 0.717) is 25.9 Å². The Labute approximate surface area is 115 Å². The van der Waals surface area contributed by atoms with Gasteiger partial charge in [-0.05, 0) is 18.9 Å². The van der Waals surface area contributed by atoms with Gasteiger partial charge in [0, 0.05) is 19.2 Å². The van der Waals surface area contributed by atoms with E-state index in [1.165, 1.54) is 19.2 Å². The summed E-state index contributed by atoms with van der Waals surface area (Å²) in [5, 5.41) is 20.5. The number of rotatable bonds is 3. The van der Waals surface area contributed by atoms with Gasteiger partial charge in [-0.2, -0.15) is 0 Å². The summed E-state index contributed by atoms with van der Waals surface area (Å²) in [4.78, 5) is 27.7. The highest BCUT2D eigenvalue weighted by Crippen LogP contribution is 2.28. The minimum absolute atomic E-state index is 0.0271. The molecule has 1 saturated heterocycles. The normalized spacial score (nSPS) is 16.0. The molecule has 0 radical (unpaired) electrons. The van der Waals surface area contributed by atoms with Crippen LogP contribution in [0.3, 0.4) is 0 Å². The summed E-state index contributed by atoms with van der Waals surface area (Å²) >= 11 is 0. The summed E-state index contributed by atoms with van der Waals surface area (Å²) in [5.41, 5.74) is -0.131. The van der Waals surface area contributed by atoms with Crippen LogP contribution in [-0.2, 0) is 4.74 Å². The fourth-order valence-electron chi connectivity index (χ4n) is 2.11. The molecule has 0 unspecified atom stereocenters. The van der Waals surface area contributed by atoms with E-state index in [0.717, 1.165) is 0 Å². The Bertz CT molecular complexity index is 526. The van der Waals surface area contributed by atoms with Crippen molar-refractivity contribution in [3.8, 4) is 0 Å². The largest absolute Gasteiger partial charge is 0.464 e. The number of aliphatic hydroxyl groups is 1. The molecule has 0 aliphatic carbocycles. The van der Waals surface area contributed by atoms with Crippen LogP contribution in [0.5, 0.6) is 0 Å². The zero-order valence-corrected chi connectivity index (χ0v) is 11.0. The zero-order chi connectivity index (χ0) is 14.7. The van der Waals surface area contributed by atoms with Crippen LogP contribution in [0.4, 0.5) is 11.5 Å². The number of ether oxygens (including phenoxy) is 1. The molecule has 20 heavy (non-hydrogen) atoms. The lowest BCUT2D eigenvalue weighted by Crippen LogP contribution is -2.36. The van der Waals surface area contributed by atoms with Crippen LogP contribution >= 0.6 is 0 Å². The molecule has 8 nitrogen and oxygen atoms in total. The van der Waals surface area contributed by atoms with E-state index >= 15 is 0 Å². The smallest absolute Gasteiger partial charge is 0.356 e. The van der Waals surface area contributed by atoms with Gasteiger partial charge >= 0.3 is 11.7 Å². The first-order chi connectivity index (χ1) is 9.52.